The van der Waals surface area contributed by atoms with Crippen LogP contribution in [0.1, 0.15) is 81.6 Å². The summed E-state index contributed by atoms with van der Waals surface area (Å²) in [5.74, 6) is 0.678. The molecule has 2 unspecified atom stereocenters. The molecule has 1 N–H and O–H groups in total. The molecule has 0 aromatic heterocycles. The number of nitrogens with one attached hydrogen (secondary N) is 1. The van der Waals surface area contributed by atoms with E-state index in [4.69, 9.17) is 14.0 Å². The van der Waals surface area contributed by atoms with Crippen LogP contribution in [0.4, 0.5) is 5.69 Å². The van der Waals surface area contributed by atoms with Gasteiger partial charge in [-0.05, 0) is 64.2 Å². The Labute approximate surface area is 168 Å². The van der Waals surface area contributed by atoms with Crippen LogP contribution in [-0.2, 0) is 14.0 Å². The molecule has 1 saturated heterocycles. The van der Waals surface area contributed by atoms with E-state index in [9.17, 15) is 4.79 Å². The lowest BCUT2D eigenvalue weighted by Crippen LogP contribution is -2.43. The summed E-state index contributed by atoms with van der Waals surface area (Å²) < 4.78 is 17.7. The quantitative estimate of drug-likeness (QED) is 0.611. The molecule has 3 aliphatic rings. The lowest BCUT2D eigenvalue weighted by molar-refractivity contribution is 0.00578. The highest BCUT2D eigenvalue weighted by atomic mass is 16.7. The number of hydrogen-bond donors (Lipinski definition) is 1. The van der Waals surface area contributed by atoms with E-state index in [1.807, 2.05) is 12.1 Å². The van der Waals surface area contributed by atoms with E-state index in [1.165, 1.54) is 44.8 Å². The van der Waals surface area contributed by atoms with E-state index in [1.54, 1.807) is 0 Å². The number of rotatable bonds is 3. The summed E-state index contributed by atoms with van der Waals surface area (Å²) in [6.45, 7) is 8.39. The summed E-state index contributed by atoms with van der Waals surface area (Å²) in [6, 6.07) is 5.90. The molecular weight excluding hydrogens is 353 g/mol. The summed E-state index contributed by atoms with van der Waals surface area (Å²) in [5, 5.41) is 3.66. The van der Waals surface area contributed by atoms with Crippen molar-refractivity contribution >= 4 is 18.8 Å². The van der Waals surface area contributed by atoms with Crippen LogP contribution in [0.5, 0.6) is 0 Å². The maximum Gasteiger partial charge on any atom is 0.482 e. The number of benzene rings is 1. The molecule has 2 atom stereocenters. The molecule has 2 aliphatic heterocycles. The second kappa shape index (κ2) is 7.07. The minimum absolute atomic E-state index is 0.0482. The Bertz CT molecular complexity index is 741. The molecule has 1 aliphatic carbocycles. The third-order valence-electron chi connectivity index (χ3n) is 7.26. The van der Waals surface area contributed by atoms with E-state index >= 15 is 0 Å². The number of anilines is 1. The van der Waals surface area contributed by atoms with Crippen molar-refractivity contribution in [2.75, 3.05) is 12.4 Å². The van der Waals surface area contributed by atoms with Crippen molar-refractivity contribution in [1.82, 2.24) is 0 Å². The predicted molar refractivity (Wildman–Crippen MR) is 111 cm³/mol. The summed E-state index contributed by atoms with van der Waals surface area (Å²) in [6.07, 6.45) is 6.37. The van der Waals surface area contributed by atoms with E-state index in [0.717, 1.165) is 5.69 Å². The minimum atomic E-state index is -0.359. The van der Waals surface area contributed by atoms with Gasteiger partial charge in [0, 0.05) is 11.6 Å². The summed E-state index contributed by atoms with van der Waals surface area (Å²) >= 11 is 0. The Morgan fingerprint density at radius 2 is 1.75 bits per heavy atom. The molecule has 1 aromatic rings. The Morgan fingerprint density at radius 3 is 2.36 bits per heavy atom. The van der Waals surface area contributed by atoms with E-state index in [-0.39, 0.29) is 30.2 Å². The smallest absolute Gasteiger partial charge is 0.465 e. The fourth-order valence-corrected chi connectivity index (χ4v) is 4.99. The predicted octanol–water partition coefficient (Wildman–Crippen LogP) is 4.56. The highest BCUT2D eigenvalue weighted by molar-refractivity contribution is 6.49. The standard InChI is InChI=1S/C22H32BNO4/c1-21(2)22(3,4)28-23(27-21)19-18(14-9-7-6-8-10-14)16-12-11-15(20(25)26-5)13-17(16)24-19/h11-14,18-19,24H,6-10H2,1-5H3. The van der Waals surface area contributed by atoms with Gasteiger partial charge in [0.15, 0.2) is 0 Å². The van der Waals surface area contributed by atoms with Crippen molar-refractivity contribution in [3.8, 4) is 0 Å². The van der Waals surface area contributed by atoms with Gasteiger partial charge in [-0.1, -0.05) is 25.3 Å². The van der Waals surface area contributed by atoms with E-state index < -0.39 is 0 Å². The average Bonchev–Trinajstić information content (AvgIpc) is 3.15. The van der Waals surface area contributed by atoms with Gasteiger partial charge in [-0.2, -0.15) is 0 Å². The second-order valence-electron chi connectivity index (χ2n) is 9.51. The molecule has 0 bridgehead atoms. The van der Waals surface area contributed by atoms with Crippen molar-refractivity contribution in [3.05, 3.63) is 29.3 Å². The normalized spacial score (nSPS) is 28.7. The maximum atomic E-state index is 12.0. The fraction of sp³-hybridized carbons (Fsp3) is 0.682. The van der Waals surface area contributed by atoms with Crippen molar-refractivity contribution in [1.29, 1.82) is 0 Å². The van der Waals surface area contributed by atoms with Crippen LogP contribution in [0.15, 0.2) is 18.2 Å². The van der Waals surface area contributed by atoms with Crippen molar-refractivity contribution in [3.63, 3.8) is 0 Å². The monoisotopic (exact) mass is 385 g/mol. The lowest BCUT2D eigenvalue weighted by atomic mass is 9.64. The summed E-state index contributed by atoms with van der Waals surface area (Å²) in [7, 11) is 1.10. The zero-order chi connectivity index (χ0) is 20.1. The second-order valence-corrected chi connectivity index (χ2v) is 9.51. The first-order valence-electron chi connectivity index (χ1n) is 10.6. The molecule has 4 rings (SSSR count). The Morgan fingerprint density at radius 1 is 1.11 bits per heavy atom. The fourth-order valence-electron chi connectivity index (χ4n) is 4.99. The highest BCUT2D eigenvalue weighted by Gasteiger charge is 2.57. The van der Waals surface area contributed by atoms with Gasteiger partial charge < -0.3 is 19.4 Å². The maximum absolute atomic E-state index is 12.0. The SMILES string of the molecule is COC(=O)c1ccc2c(c1)NC(B1OC(C)(C)C(C)(C)O1)C2C1CCCCC1. The van der Waals surface area contributed by atoms with E-state index in [0.29, 0.717) is 17.4 Å². The molecule has 5 nitrogen and oxygen atoms in total. The molecule has 0 amide bonds. The van der Waals surface area contributed by atoms with Crippen LogP contribution in [0.3, 0.4) is 0 Å². The number of carbonyl (C=O) groups is 1. The summed E-state index contributed by atoms with van der Waals surface area (Å²) in [4.78, 5) is 12.0. The van der Waals surface area contributed by atoms with E-state index in [2.05, 4.69) is 39.1 Å². The number of fused-ring (bicyclic) bond motifs is 1. The largest absolute Gasteiger partial charge is 0.482 e. The van der Waals surface area contributed by atoms with Gasteiger partial charge in [0.1, 0.15) is 0 Å². The molecule has 2 fully saturated rings. The molecule has 0 radical (unpaired) electrons. The Balaban J connectivity index is 1.68. The number of hydrogen-bond acceptors (Lipinski definition) is 5. The van der Waals surface area contributed by atoms with Gasteiger partial charge in [0.25, 0.3) is 0 Å². The third kappa shape index (κ3) is 3.24. The van der Waals surface area contributed by atoms with Gasteiger partial charge in [-0.15, -0.1) is 0 Å². The topological polar surface area (TPSA) is 56.8 Å². The van der Waals surface area contributed by atoms with Crippen LogP contribution in [-0.4, -0.2) is 37.3 Å². The molecule has 28 heavy (non-hydrogen) atoms. The van der Waals surface area contributed by atoms with Crippen LogP contribution in [0.2, 0.25) is 0 Å². The molecule has 0 spiro atoms. The molecular formula is C22H32BNO4. The molecule has 1 saturated carbocycles. The number of esters is 1. The van der Waals surface area contributed by atoms with Gasteiger partial charge in [-0.25, -0.2) is 4.79 Å². The molecule has 2 heterocycles. The van der Waals surface area contributed by atoms with Crippen LogP contribution in [0.25, 0.3) is 0 Å². The zero-order valence-corrected chi connectivity index (χ0v) is 17.7. The molecule has 6 heteroatoms. The van der Waals surface area contributed by atoms with Gasteiger partial charge >= 0.3 is 13.1 Å². The van der Waals surface area contributed by atoms with Gasteiger partial charge in [0.05, 0.1) is 29.8 Å². The van der Waals surface area contributed by atoms with Crippen molar-refractivity contribution < 1.29 is 18.8 Å². The Kier molecular flexibility index (Phi) is 4.99. The van der Waals surface area contributed by atoms with Crippen LogP contribution < -0.4 is 5.32 Å². The first-order valence-corrected chi connectivity index (χ1v) is 10.6. The minimum Gasteiger partial charge on any atom is -0.465 e. The Hall–Kier alpha value is -1.53. The van der Waals surface area contributed by atoms with Crippen molar-refractivity contribution in [2.24, 2.45) is 5.92 Å². The third-order valence-corrected chi connectivity index (χ3v) is 7.26. The number of ether oxygens (including phenoxy) is 1. The van der Waals surface area contributed by atoms with Gasteiger partial charge in [0.2, 0.25) is 0 Å². The molecule has 152 valence electrons. The average molecular weight is 385 g/mol. The number of carbonyl (C=O) groups excluding carboxylic acids is 1. The highest BCUT2D eigenvalue weighted by Crippen LogP contribution is 2.49. The lowest BCUT2D eigenvalue weighted by Gasteiger charge is -2.32. The summed E-state index contributed by atoms with van der Waals surface area (Å²) in [5.41, 5.74) is 2.15. The number of methoxy groups -OCH3 is 1. The zero-order valence-electron chi connectivity index (χ0n) is 17.7. The van der Waals surface area contributed by atoms with Gasteiger partial charge in [-0.3, -0.25) is 0 Å². The first-order chi connectivity index (χ1) is 13.2. The molecule has 1 aromatic carbocycles. The van der Waals surface area contributed by atoms with Crippen molar-refractivity contribution in [2.45, 2.75) is 82.9 Å². The first kappa shape index (κ1) is 19.8. The van der Waals surface area contributed by atoms with Crippen LogP contribution >= 0.6 is 0 Å². The van der Waals surface area contributed by atoms with Crippen LogP contribution in [0, 0.1) is 5.92 Å².